The molecule has 3 aromatic carbocycles. The Kier molecular flexibility index (Phi) is 11.0. The summed E-state index contributed by atoms with van der Waals surface area (Å²) in [6.45, 7) is 6.47. The summed E-state index contributed by atoms with van der Waals surface area (Å²) >= 11 is 0. The number of hydrogen-bond donors (Lipinski definition) is 3. The first-order chi connectivity index (χ1) is 19.7. The highest BCUT2D eigenvalue weighted by molar-refractivity contribution is 5.72. The quantitative estimate of drug-likeness (QED) is 0.287. The van der Waals surface area contributed by atoms with E-state index in [1.807, 2.05) is 112 Å². The van der Waals surface area contributed by atoms with Gasteiger partial charge in [-0.1, -0.05) is 91.0 Å². The lowest BCUT2D eigenvalue weighted by atomic mass is 9.80. The molecule has 41 heavy (non-hydrogen) atoms. The number of carbonyl (C=O) groups is 1. The first-order valence-corrected chi connectivity index (χ1v) is 14.1. The van der Waals surface area contributed by atoms with Gasteiger partial charge in [-0.15, -0.1) is 0 Å². The lowest BCUT2D eigenvalue weighted by molar-refractivity contribution is -0.160. The molecule has 0 radical (unpaired) electrons. The van der Waals surface area contributed by atoms with Gasteiger partial charge >= 0.3 is 5.97 Å². The van der Waals surface area contributed by atoms with Crippen LogP contribution in [0.3, 0.4) is 0 Å². The predicted octanol–water partition coefficient (Wildman–Crippen LogP) is 3.71. The second-order valence-corrected chi connectivity index (χ2v) is 11.4. The number of rotatable bonds is 12. The minimum atomic E-state index is -0.610. The van der Waals surface area contributed by atoms with E-state index in [2.05, 4.69) is 5.32 Å². The highest BCUT2D eigenvalue weighted by atomic mass is 16.6. The molecular weight excluding hydrogens is 518 g/mol. The fraction of sp³-hybridized carbons (Fsp3) is 0.424. The molecule has 5 N–H and O–H groups in total. The van der Waals surface area contributed by atoms with Gasteiger partial charge in [0, 0.05) is 0 Å². The van der Waals surface area contributed by atoms with E-state index in [-0.39, 0.29) is 12.5 Å². The smallest absolute Gasteiger partial charge is 0.320 e. The van der Waals surface area contributed by atoms with Crippen LogP contribution in [0.4, 0.5) is 0 Å². The van der Waals surface area contributed by atoms with Crippen LogP contribution in [-0.4, -0.2) is 54.6 Å². The van der Waals surface area contributed by atoms with Gasteiger partial charge < -0.3 is 30.4 Å². The van der Waals surface area contributed by atoms with E-state index in [1.54, 1.807) is 0 Å². The van der Waals surface area contributed by atoms with Crippen molar-refractivity contribution in [1.82, 2.24) is 5.32 Å². The summed E-state index contributed by atoms with van der Waals surface area (Å²) < 4.78 is 24.9. The zero-order valence-corrected chi connectivity index (χ0v) is 24.1. The topological polar surface area (TPSA) is 118 Å². The Bertz CT molecular complexity index is 1130. The van der Waals surface area contributed by atoms with Crippen molar-refractivity contribution in [1.29, 1.82) is 0 Å². The van der Waals surface area contributed by atoms with Gasteiger partial charge in [0.25, 0.3) is 0 Å². The Morgan fingerprint density at radius 1 is 0.659 bits per heavy atom. The molecule has 4 rings (SSSR count). The fourth-order valence-corrected chi connectivity index (χ4v) is 5.06. The molecule has 3 aromatic rings. The summed E-state index contributed by atoms with van der Waals surface area (Å²) in [5.74, 6) is -0.384. The number of nitrogens with one attached hydrogen (secondary N) is 1. The molecule has 8 nitrogen and oxygen atoms in total. The van der Waals surface area contributed by atoms with Crippen LogP contribution >= 0.6 is 0 Å². The molecule has 1 fully saturated rings. The zero-order valence-electron chi connectivity index (χ0n) is 24.1. The molecule has 1 aliphatic rings. The van der Waals surface area contributed by atoms with Gasteiger partial charge in [0.15, 0.2) is 0 Å². The maximum atomic E-state index is 12.7. The second-order valence-electron chi connectivity index (χ2n) is 11.4. The minimum absolute atomic E-state index is 0.0483. The fourth-order valence-electron chi connectivity index (χ4n) is 5.06. The van der Waals surface area contributed by atoms with E-state index in [0.717, 1.165) is 16.7 Å². The van der Waals surface area contributed by atoms with E-state index < -0.39 is 42.0 Å². The Labute approximate surface area is 243 Å². The average molecular weight is 562 g/mol. The maximum Gasteiger partial charge on any atom is 0.320 e. The number of esters is 1. The Morgan fingerprint density at radius 2 is 1.02 bits per heavy atom. The van der Waals surface area contributed by atoms with Crippen molar-refractivity contribution in [2.24, 2.45) is 11.5 Å². The second kappa shape index (κ2) is 14.7. The molecular formula is C33H43N3O5. The lowest BCUT2D eigenvalue weighted by Crippen LogP contribution is -2.73. The van der Waals surface area contributed by atoms with Crippen molar-refractivity contribution in [3.05, 3.63) is 108 Å². The molecule has 1 saturated carbocycles. The Balaban J connectivity index is 1.59. The van der Waals surface area contributed by atoms with Crippen LogP contribution in [0.15, 0.2) is 91.0 Å². The molecule has 0 spiro atoms. The van der Waals surface area contributed by atoms with Crippen molar-refractivity contribution >= 4 is 5.97 Å². The van der Waals surface area contributed by atoms with Crippen LogP contribution in [0, 0.1) is 0 Å². The number of nitrogens with two attached hydrogens (primary N) is 2. The van der Waals surface area contributed by atoms with E-state index >= 15 is 0 Å². The van der Waals surface area contributed by atoms with Crippen LogP contribution < -0.4 is 16.8 Å². The van der Waals surface area contributed by atoms with Gasteiger partial charge in [0.1, 0.15) is 5.60 Å². The van der Waals surface area contributed by atoms with Crippen LogP contribution in [0.2, 0.25) is 0 Å². The summed E-state index contributed by atoms with van der Waals surface area (Å²) in [7, 11) is 0. The van der Waals surface area contributed by atoms with Gasteiger partial charge in [-0.3, -0.25) is 10.1 Å². The largest absolute Gasteiger partial charge is 0.459 e. The summed E-state index contributed by atoms with van der Waals surface area (Å²) in [4.78, 5) is 12.7. The first kappa shape index (κ1) is 30.8. The molecule has 0 aliphatic heterocycles. The predicted molar refractivity (Wildman–Crippen MR) is 159 cm³/mol. The van der Waals surface area contributed by atoms with E-state index in [1.165, 1.54) is 0 Å². The van der Waals surface area contributed by atoms with Crippen LogP contribution in [0.5, 0.6) is 0 Å². The SMILES string of the molecule is CC(C)(C)OC(=O)CN[C@@H]1[C@H](OCc2ccccc2)[C@H](N)[C@H](OCc2ccccc2)[C@H](N)[C@@H]1OCc1ccccc1. The van der Waals surface area contributed by atoms with Gasteiger partial charge in [-0.05, 0) is 37.5 Å². The summed E-state index contributed by atoms with van der Waals surface area (Å²) in [6, 6.07) is 28.0. The molecule has 220 valence electrons. The van der Waals surface area contributed by atoms with Gasteiger partial charge in [0.2, 0.25) is 0 Å². The van der Waals surface area contributed by atoms with E-state index in [9.17, 15) is 4.79 Å². The average Bonchev–Trinajstić information content (AvgIpc) is 2.96. The molecule has 0 bridgehead atoms. The van der Waals surface area contributed by atoms with Crippen molar-refractivity contribution in [2.75, 3.05) is 6.54 Å². The summed E-state index contributed by atoms with van der Waals surface area (Å²) in [6.07, 6.45) is -1.70. The van der Waals surface area contributed by atoms with Crippen LogP contribution in [0.1, 0.15) is 37.5 Å². The normalized spacial score (nSPS) is 24.6. The molecule has 1 aliphatic carbocycles. The highest BCUT2D eigenvalue weighted by Gasteiger charge is 2.50. The summed E-state index contributed by atoms with van der Waals surface area (Å²) in [5, 5.41) is 3.33. The third-order valence-corrected chi connectivity index (χ3v) is 6.98. The Hall–Kier alpha value is -3.11. The molecule has 0 aromatic heterocycles. The van der Waals surface area contributed by atoms with Gasteiger partial charge in [-0.25, -0.2) is 0 Å². The van der Waals surface area contributed by atoms with Gasteiger partial charge in [0.05, 0.1) is 62.8 Å². The number of hydrogen-bond acceptors (Lipinski definition) is 8. The maximum absolute atomic E-state index is 12.7. The molecule has 0 amide bonds. The monoisotopic (exact) mass is 561 g/mol. The first-order valence-electron chi connectivity index (χ1n) is 14.1. The third-order valence-electron chi connectivity index (χ3n) is 6.98. The molecule has 0 unspecified atom stereocenters. The van der Waals surface area contributed by atoms with Crippen molar-refractivity contribution in [3.8, 4) is 0 Å². The molecule has 0 saturated heterocycles. The number of ether oxygens (including phenoxy) is 4. The lowest BCUT2D eigenvalue weighted by Gasteiger charge is -2.48. The molecule has 6 atom stereocenters. The number of benzene rings is 3. The van der Waals surface area contributed by atoms with Crippen molar-refractivity contribution < 1.29 is 23.7 Å². The zero-order chi connectivity index (χ0) is 29.2. The van der Waals surface area contributed by atoms with Crippen LogP contribution in [0.25, 0.3) is 0 Å². The molecule has 0 heterocycles. The van der Waals surface area contributed by atoms with Crippen molar-refractivity contribution in [3.63, 3.8) is 0 Å². The summed E-state index contributed by atoms with van der Waals surface area (Å²) in [5.41, 5.74) is 16.1. The van der Waals surface area contributed by atoms with E-state index in [0.29, 0.717) is 19.8 Å². The number of carbonyl (C=O) groups excluding carboxylic acids is 1. The van der Waals surface area contributed by atoms with E-state index in [4.69, 9.17) is 30.4 Å². The minimum Gasteiger partial charge on any atom is -0.459 e. The van der Waals surface area contributed by atoms with Gasteiger partial charge in [-0.2, -0.15) is 0 Å². The third kappa shape index (κ3) is 9.19. The molecule has 8 heteroatoms. The Morgan fingerprint density at radius 3 is 1.39 bits per heavy atom. The van der Waals surface area contributed by atoms with Crippen LogP contribution in [-0.2, 0) is 43.6 Å². The highest BCUT2D eigenvalue weighted by Crippen LogP contribution is 2.28. The standard InChI is InChI=1S/C33H43N3O5/c1-33(2,3)41-26(37)19-36-29-31(39-21-24-15-9-5-10-16-24)27(34)30(38-20-23-13-7-4-8-14-23)28(35)32(29)40-22-25-17-11-6-12-18-25/h4-18,27-32,36H,19-22,34-35H2,1-3H3/t27-,28+,29-,30+,31-,32+. The van der Waals surface area contributed by atoms with Crippen molar-refractivity contribution in [2.45, 2.75) is 82.6 Å².